The molecule has 0 amide bonds. The van der Waals surface area contributed by atoms with Crippen molar-refractivity contribution in [2.45, 2.75) is 17.1 Å². The van der Waals surface area contributed by atoms with E-state index in [4.69, 9.17) is 5.11 Å². The molecule has 0 radical (unpaired) electrons. The Morgan fingerprint density at radius 2 is 1.93 bits per heavy atom. The van der Waals surface area contributed by atoms with Crippen molar-refractivity contribution >= 4 is 23.5 Å². The molecule has 1 aromatic rings. The molecule has 0 fully saturated rings. The molecule has 78 valence electrons. The zero-order valence-corrected chi connectivity index (χ0v) is 9.98. The summed E-state index contributed by atoms with van der Waals surface area (Å²) in [6, 6.07) is 10.4. The molecule has 0 aliphatic carbocycles. The summed E-state index contributed by atoms with van der Waals surface area (Å²) >= 11 is 3.70. The van der Waals surface area contributed by atoms with Gasteiger partial charge in [0.15, 0.2) is 0 Å². The number of benzene rings is 1. The van der Waals surface area contributed by atoms with Crippen molar-refractivity contribution in [3.63, 3.8) is 0 Å². The van der Waals surface area contributed by atoms with Gasteiger partial charge in [-0.1, -0.05) is 25.1 Å². The van der Waals surface area contributed by atoms with Gasteiger partial charge in [0.05, 0.1) is 6.61 Å². The molecule has 1 rings (SSSR count). The Morgan fingerprint density at radius 3 is 2.57 bits per heavy atom. The third-order valence-corrected chi connectivity index (χ3v) is 4.18. The molecule has 0 spiro atoms. The SMILES string of the molecule is CC(CO)SCCSc1ccccc1. The van der Waals surface area contributed by atoms with Gasteiger partial charge in [-0.15, -0.1) is 11.8 Å². The van der Waals surface area contributed by atoms with Gasteiger partial charge >= 0.3 is 0 Å². The molecule has 1 aromatic carbocycles. The molecule has 0 saturated carbocycles. The second-order valence-corrected chi connectivity index (χ2v) is 5.74. The van der Waals surface area contributed by atoms with Gasteiger partial charge in [-0.05, 0) is 12.1 Å². The minimum absolute atomic E-state index is 0.278. The maximum absolute atomic E-state index is 8.82. The van der Waals surface area contributed by atoms with E-state index >= 15 is 0 Å². The molecule has 3 heteroatoms. The first-order valence-electron chi connectivity index (χ1n) is 4.73. The summed E-state index contributed by atoms with van der Waals surface area (Å²) in [4.78, 5) is 1.32. The molecule has 0 bridgehead atoms. The lowest BCUT2D eigenvalue weighted by atomic mass is 10.4. The number of hydrogen-bond donors (Lipinski definition) is 1. The van der Waals surface area contributed by atoms with E-state index in [0.717, 1.165) is 11.5 Å². The van der Waals surface area contributed by atoms with Gasteiger partial charge in [0.25, 0.3) is 0 Å². The van der Waals surface area contributed by atoms with Crippen LogP contribution in [0, 0.1) is 0 Å². The lowest BCUT2D eigenvalue weighted by Crippen LogP contribution is -2.03. The van der Waals surface area contributed by atoms with E-state index in [2.05, 4.69) is 31.2 Å². The van der Waals surface area contributed by atoms with E-state index in [9.17, 15) is 0 Å². The number of aliphatic hydroxyl groups excluding tert-OH is 1. The zero-order valence-electron chi connectivity index (χ0n) is 8.35. The van der Waals surface area contributed by atoms with Crippen LogP contribution in [0.4, 0.5) is 0 Å². The van der Waals surface area contributed by atoms with Crippen molar-refractivity contribution in [3.8, 4) is 0 Å². The van der Waals surface area contributed by atoms with Crippen LogP contribution < -0.4 is 0 Å². The zero-order chi connectivity index (χ0) is 10.2. The largest absolute Gasteiger partial charge is 0.395 e. The van der Waals surface area contributed by atoms with Crippen molar-refractivity contribution in [1.82, 2.24) is 0 Å². The second kappa shape index (κ2) is 7.21. The lowest BCUT2D eigenvalue weighted by Gasteiger charge is -2.06. The Bertz CT molecular complexity index is 238. The van der Waals surface area contributed by atoms with E-state index in [0.29, 0.717) is 5.25 Å². The van der Waals surface area contributed by atoms with Crippen LogP contribution >= 0.6 is 23.5 Å². The maximum Gasteiger partial charge on any atom is 0.0547 e. The maximum atomic E-state index is 8.82. The van der Waals surface area contributed by atoms with Gasteiger partial charge in [0.2, 0.25) is 0 Å². The fraction of sp³-hybridized carbons (Fsp3) is 0.455. The molecule has 0 aromatic heterocycles. The summed E-state index contributed by atoms with van der Waals surface area (Å²) in [6.45, 7) is 2.33. The average molecular weight is 228 g/mol. The quantitative estimate of drug-likeness (QED) is 0.597. The minimum atomic E-state index is 0.278. The summed E-state index contributed by atoms with van der Waals surface area (Å²) in [7, 11) is 0. The van der Waals surface area contributed by atoms with Crippen molar-refractivity contribution in [2.75, 3.05) is 18.1 Å². The Labute approximate surface area is 94.3 Å². The van der Waals surface area contributed by atoms with Crippen LogP contribution in [0.3, 0.4) is 0 Å². The second-order valence-electron chi connectivity index (χ2n) is 3.03. The minimum Gasteiger partial charge on any atom is -0.395 e. The first-order valence-corrected chi connectivity index (χ1v) is 6.76. The fourth-order valence-electron chi connectivity index (χ4n) is 0.978. The molecule has 0 heterocycles. The highest BCUT2D eigenvalue weighted by Crippen LogP contribution is 2.19. The summed E-state index contributed by atoms with van der Waals surface area (Å²) in [5, 5.41) is 9.19. The van der Waals surface area contributed by atoms with E-state index in [-0.39, 0.29) is 6.61 Å². The van der Waals surface area contributed by atoms with Gasteiger partial charge in [0.1, 0.15) is 0 Å². The number of thioether (sulfide) groups is 2. The first-order chi connectivity index (χ1) is 6.83. The summed E-state index contributed by atoms with van der Waals surface area (Å²) in [5.74, 6) is 2.21. The highest BCUT2D eigenvalue weighted by molar-refractivity contribution is 8.03. The van der Waals surface area contributed by atoms with Crippen LogP contribution in [-0.2, 0) is 0 Å². The highest BCUT2D eigenvalue weighted by atomic mass is 32.2. The normalized spacial score (nSPS) is 12.7. The van der Waals surface area contributed by atoms with Gasteiger partial charge in [0, 0.05) is 21.7 Å². The molecule has 1 nitrogen and oxygen atoms in total. The number of rotatable bonds is 6. The Balaban J connectivity index is 2.10. The molecule has 0 aliphatic rings. The third kappa shape index (κ3) is 4.94. The van der Waals surface area contributed by atoms with Crippen molar-refractivity contribution in [2.24, 2.45) is 0 Å². The van der Waals surface area contributed by atoms with Crippen molar-refractivity contribution in [3.05, 3.63) is 30.3 Å². The standard InChI is InChI=1S/C11H16OS2/c1-10(9-12)13-7-8-14-11-5-3-2-4-6-11/h2-6,10,12H,7-9H2,1H3. The Hall–Kier alpha value is -0.120. The fourth-order valence-corrected chi connectivity index (χ4v) is 2.79. The monoisotopic (exact) mass is 228 g/mol. The molecular formula is C11H16OS2. The Morgan fingerprint density at radius 1 is 1.21 bits per heavy atom. The Kier molecular flexibility index (Phi) is 6.15. The number of aliphatic hydroxyl groups is 1. The molecule has 0 saturated heterocycles. The predicted octanol–water partition coefficient (Wildman–Crippen LogP) is 2.89. The lowest BCUT2D eigenvalue weighted by molar-refractivity contribution is 0.300. The van der Waals surface area contributed by atoms with Gasteiger partial charge < -0.3 is 5.11 Å². The highest BCUT2D eigenvalue weighted by Gasteiger charge is 1.99. The molecule has 1 N–H and O–H groups in total. The summed E-state index contributed by atoms with van der Waals surface area (Å²) in [6.07, 6.45) is 0. The average Bonchev–Trinajstić information content (AvgIpc) is 2.25. The number of hydrogen-bond acceptors (Lipinski definition) is 3. The topological polar surface area (TPSA) is 20.2 Å². The third-order valence-electron chi connectivity index (χ3n) is 1.75. The van der Waals surface area contributed by atoms with Crippen molar-refractivity contribution in [1.29, 1.82) is 0 Å². The van der Waals surface area contributed by atoms with Gasteiger partial charge in [-0.2, -0.15) is 11.8 Å². The van der Waals surface area contributed by atoms with Crippen molar-refractivity contribution < 1.29 is 5.11 Å². The van der Waals surface area contributed by atoms with Crippen LogP contribution in [0.15, 0.2) is 35.2 Å². The van der Waals surface area contributed by atoms with E-state index in [1.807, 2.05) is 29.6 Å². The van der Waals surface area contributed by atoms with E-state index < -0.39 is 0 Å². The van der Waals surface area contributed by atoms with Crippen LogP contribution in [0.2, 0.25) is 0 Å². The molecule has 1 unspecified atom stereocenters. The summed E-state index contributed by atoms with van der Waals surface area (Å²) in [5.41, 5.74) is 0. The molecule has 14 heavy (non-hydrogen) atoms. The van der Waals surface area contributed by atoms with Gasteiger partial charge in [-0.25, -0.2) is 0 Å². The molecule has 1 atom stereocenters. The molecular weight excluding hydrogens is 212 g/mol. The van der Waals surface area contributed by atoms with Crippen LogP contribution in [0.5, 0.6) is 0 Å². The van der Waals surface area contributed by atoms with E-state index in [1.54, 1.807) is 0 Å². The molecule has 0 aliphatic heterocycles. The summed E-state index contributed by atoms with van der Waals surface area (Å²) < 4.78 is 0. The smallest absolute Gasteiger partial charge is 0.0547 e. The van der Waals surface area contributed by atoms with Crippen LogP contribution in [0.1, 0.15) is 6.92 Å². The van der Waals surface area contributed by atoms with Crippen LogP contribution in [-0.4, -0.2) is 28.5 Å². The van der Waals surface area contributed by atoms with E-state index in [1.165, 1.54) is 4.90 Å². The first kappa shape index (κ1) is 12.0. The van der Waals surface area contributed by atoms with Gasteiger partial charge in [-0.3, -0.25) is 0 Å². The predicted molar refractivity (Wildman–Crippen MR) is 66.2 cm³/mol. The van der Waals surface area contributed by atoms with Crippen LogP contribution in [0.25, 0.3) is 0 Å².